The number of piperidine rings is 1. The lowest BCUT2D eigenvalue weighted by molar-refractivity contribution is 0.0792. The monoisotopic (exact) mass is 451 g/mol. The standard InChI is InChI=1S/C24H33N7O2/c1-28-14-16-30(17-15-28)22-6-9-25-24(27-22)33-20-7-12-29(13-8-20)21-5-4-19(18-26-21)23(32)31-10-2-3-11-31/h4-6,9,18,20H,2-3,7-8,10-17H2,1H3. The highest BCUT2D eigenvalue weighted by molar-refractivity contribution is 5.94. The van der Waals surface area contributed by atoms with Crippen LogP contribution in [0.2, 0.25) is 0 Å². The van der Waals surface area contributed by atoms with Crippen molar-refractivity contribution in [2.24, 2.45) is 0 Å². The van der Waals surface area contributed by atoms with E-state index in [0.717, 1.165) is 89.7 Å². The highest BCUT2D eigenvalue weighted by Gasteiger charge is 2.24. The summed E-state index contributed by atoms with van der Waals surface area (Å²) in [5.41, 5.74) is 0.677. The molecule has 0 aromatic carbocycles. The molecule has 2 aromatic heterocycles. The fraction of sp³-hybridized carbons (Fsp3) is 0.583. The summed E-state index contributed by atoms with van der Waals surface area (Å²) < 4.78 is 6.14. The van der Waals surface area contributed by atoms with E-state index < -0.39 is 0 Å². The van der Waals surface area contributed by atoms with E-state index >= 15 is 0 Å². The van der Waals surface area contributed by atoms with E-state index in [-0.39, 0.29) is 12.0 Å². The fourth-order valence-corrected chi connectivity index (χ4v) is 4.75. The number of likely N-dealkylation sites (N-methyl/N-ethyl adjacent to an activating group) is 1. The molecule has 0 spiro atoms. The second kappa shape index (κ2) is 9.91. The molecular formula is C24H33N7O2. The zero-order chi connectivity index (χ0) is 22.6. The van der Waals surface area contributed by atoms with Gasteiger partial charge in [-0.25, -0.2) is 9.97 Å². The Bertz CT molecular complexity index is 932. The molecule has 0 N–H and O–H groups in total. The molecule has 3 aliphatic rings. The molecule has 5 heterocycles. The van der Waals surface area contributed by atoms with Gasteiger partial charge in [-0.2, -0.15) is 4.98 Å². The van der Waals surface area contributed by atoms with Crippen LogP contribution >= 0.6 is 0 Å². The first-order valence-electron chi connectivity index (χ1n) is 12.1. The Balaban J connectivity index is 1.13. The molecule has 0 radical (unpaired) electrons. The van der Waals surface area contributed by atoms with Gasteiger partial charge in [-0.15, -0.1) is 0 Å². The van der Waals surface area contributed by atoms with Crippen LogP contribution in [0.5, 0.6) is 6.01 Å². The Kier molecular flexibility index (Phi) is 6.57. The maximum Gasteiger partial charge on any atom is 0.318 e. The number of nitrogens with zero attached hydrogens (tertiary/aromatic N) is 7. The maximum absolute atomic E-state index is 12.5. The Morgan fingerprint density at radius 1 is 0.879 bits per heavy atom. The number of hydrogen-bond donors (Lipinski definition) is 0. The summed E-state index contributed by atoms with van der Waals surface area (Å²) in [7, 11) is 2.15. The van der Waals surface area contributed by atoms with Gasteiger partial charge in [-0.05, 0) is 38.1 Å². The first-order valence-corrected chi connectivity index (χ1v) is 12.1. The second-order valence-corrected chi connectivity index (χ2v) is 9.20. The van der Waals surface area contributed by atoms with Gasteiger partial charge in [-0.1, -0.05) is 0 Å². The molecule has 9 nitrogen and oxygen atoms in total. The molecule has 0 unspecified atom stereocenters. The number of pyridine rings is 1. The number of carbonyl (C=O) groups is 1. The smallest absolute Gasteiger partial charge is 0.318 e. The van der Waals surface area contributed by atoms with Crippen molar-refractivity contribution in [1.82, 2.24) is 24.8 Å². The van der Waals surface area contributed by atoms with Gasteiger partial charge >= 0.3 is 6.01 Å². The van der Waals surface area contributed by atoms with Gasteiger partial charge in [0, 0.05) is 77.6 Å². The van der Waals surface area contributed by atoms with Gasteiger partial charge in [0.2, 0.25) is 0 Å². The molecule has 2 aromatic rings. The lowest BCUT2D eigenvalue weighted by atomic mass is 10.1. The quantitative estimate of drug-likeness (QED) is 0.682. The molecule has 176 valence electrons. The van der Waals surface area contributed by atoms with Crippen LogP contribution in [0.4, 0.5) is 11.6 Å². The van der Waals surface area contributed by atoms with Crippen molar-refractivity contribution in [1.29, 1.82) is 0 Å². The van der Waals surface area contributed by atoms with Gasteiger partial charge in [0.1, 0.15) is 17.7 Å². The number of carbonyl (C=O) groups excluding carboxylic acids is 1. The molecule has 0 bridgehead atoms. The number of ether oxygens (including phenoxy) is 1. The van der Waals surface area contributed by atoms with Crippen LogP contribution in [0.3, 0.4) is 0 Å². The van der Waals surface area contributed by atoms with Crippen LogP contribution in [0.1, 0.15) is 36.0 Å². The number of likely N-dealkylation sites (tertiary alicyclic amines) is 1. The summed E-state index contributed by atoms with van der Waals surface area (Å²) in [5.74, 6) is 1.95. The molecule has 9 heteroatoms. The minimum Gasteiger partial charge on any atom is -0.460 e. The minimum absolute atomic E-state index is 0.0949. The summed E-state index contributed by atoms with van der Waals surface area (Å²) in [6, 6.07) is 6.30. The van der Waals surface area contributed by atoms with Crippen molar-refractivity contribution in [3.63, 3.8) is 0 Å². The molecule has 0 saturated carbocycles. The van der Waals surface area contributed by atoms with Crippen LogP contribution in [0.25, 0.3) is 0 Å². The van der Waals surface area contributed by atoms with Crippen molar-refractivity contribution in [2.45, 2.75) is 31.8 Å². The molecule has 0 atom stereocenters. The van der Waals surface area contributed by atoms with Crippen LogP contribution < -0.4 is 14.5 Å². The molecule has 33 heavy (non-hydrogen) atoms. The normalized spacial score (nSPS) is 20.3. The van der Waals surface area contributed by atoms with Crippen molar-refractivity contribution in [2.75, 3.05) is 69.2 Å². The molecule has 1 amide bonds. The van der Waals surface area contributed by atoms with Crippen LogP contribution in [0.15, 0.2) is 30.6 Å². The first-order chi connectivity index (χ1) is 16.2. The fourth-order valence-electron chi connectivity index (χ4n) is 4.75. The third-order valence-electron chi connectivity index (χ3n) is 6.87. The predicted octanol–water partition coefficient (Wildman–Crippen LogP) is 1.91. The van der Waals surface area contributed by atoms with E-state index in [1.807, 2.05) is 23.1 Å². The van der Waals surface area contributed by atoms with Crippen molar-refractivity contribution < 1.29 is 9.53 Å². The lowest BCUT2D eigenvalue weighted by Crippen LogP contribution is -2.44. The molecule has 3 fully saturated rings. The van der Waals surface area contributed by atoms with Crippen LogP contribution in [-0.2, 0) is 0 Å². The number of piperazine rings is 1. The second-order valence-electron chi connectivity index (χ2n) is 9.20. The van der Waals surface area contributed by atoms with Crippen LogP contribution in [-0.4, -0.2) is 96.2 Å². The highest BCUT2D eigenvalue weighted by atomic mass is 16.5. The third-order valence-corrected chi connectivity index (χ3v) is 6.87. The summed E-state index contributed by atoms with van der Waals surface area (Å²) in [5, 5.41) is 0. The Morgan fingerprint density at radius 3 is 2.30 bits per heavy atom. The average Bonchev–Trinajstić information content (AvgIpc) is 3.40. The van der Waals surface area contributed by atoms with E-state index in [1.165, 1.54) is 0 Å². The molecular weight excluding hydrogens is 418 g/mol. The summed E-state index contributed by atoms with van der Waals surface area (Å²) in [6.45, 7) is 7.46. The molecule has 3 saturated heterocycles. The van der Waals surface area contributed by atoms with Gasteiger partial charge in [0.15, 0.2) is 0 Å². The number of amides is 1. The highest BCUT2D eigenvalue weighted by Crippen LogP contribution is 2.23. The Labute approximate surface area is 195 Å². The number of hydrogen-bond acceptors (Lipinski definition) is 8. The van der Waals surface area contributed by atoms with E-state index in [9.17, 15) is 4.79 Å². The number of aromatic nitrogens is 3. The Morgan fingerprint density at radius 2 is 1.61 bits per heavy atom. The summed E-state index contributed by atoms with van der Waals surface area (Å²) >= 11 is 0. The predicted molar refractivity (Wildman–Crippen MR) is 127 cm³/mol. The van der Waals surface area contributed by atoms with E-state index in [2.05, 4.69) is 36.7 Å². The third kappa shape index (κ3) is 5.19. The van der Waals surface area contributed by atoms with Gasteiger partial charge in [-0.3, -0.25) is 4.79 Å². The van der Waals surface area contributed by atoms with E-state index in [1.54, 1.807) is 12.4 Å². The maximum atomic E-state index is 12.5. The zero-order valence-electron chi connectivity index (χ0n) is 19.4. The summed E-state index contributed by atoms with van der Waals surface area (Å²) in [4.78, 5) is 34.9. The average molecular weight is 452 g/mol. The Hall–Kier alpha value is -2.94. The SMILES string of the molecule is CN1CCN(c2ccnc(OC3CCN(c4ccc(C(=O)N5CCCC5)cn4)CC3)n2)CC1. The summed E-state index contributed by atoms with van der Waals surface area (Å²) in [6.07, 6.45) is 7.58. The molecule has 0 aliphatic carbocycles. The zero-order valence-corrected chi connectivity index (χ0v) is 19.4. The number of rotatable bonds is 5. The van der Waals surface area contributed by atoms with Gasteiger partial charge < -0.3 is 24.3 Å². The lowest BCUT2D eigenvalue weighted by Gasteiger charge is -2.34. The van der Waals surface area contributed by atoms with E-state index in [4.69, 9.17) is 4.74 Å². The van der Waals surface area contributed by atoms with Crippen molar-refractivity contribution >= 4 is 17.5 Å². The minimum atomic E-state index is 0.0949. The molecule has 3 aliphatic heterocycles. The van der Waals surface area contributed by atoms with Crippen molar-refractivity contribution in [3.05, 3.63) is 36.2 Å². The van der Waals surface area contributed by atoms with E-state index in [0.29, 0.717) is 11.6 Å². The van der Waals surface area contributed by atoms with Crippen molar-refractivity contribution in [3.8, 4) is 6.01 Å². The molecule has 5 rings (SSSR count). The largest absolute Gasteiger partial charge is 0.460 e. The van der Waals surface area contributed by atoms with Gasteiger partial charge in [0.25, 0.3) is 5.91 Å². The van der Waals surface area contributed by atoms with Gasteiger partial charge in [0.05, 0.1) is 5.56 Å². The topological polar surface area (TPSA) is 77.9 Å². The first kappa shape index (κ1) is 21.9. The number of anilines is 2. The van der Waals surface area contributed by atoms with Crippen LogP contribution in [0, 0.1) is 0 Å².